The van der Waals surface area contributed by atoms with Gasteiger partial charge in [-0.2, -0.15) is 5.26 Å². The van der Waals surface area contributed by atoms with Gasteiger partial charge in [0.05, 0.1) is 0 Å². The Morgan fingerprint density at radius 1 is 1.28 bits per heavy atom. The minimum absolute atomic E-state index is 0.372. The van der Waals surface area contributed by atoms with E-state index in [0.29, 0.717) is 11.6 Å². The summed E-state index contributed by atoms with van der Waals surface area (Å²) in [6.45, 7) is 3.95. The molecule has 0 aliphatic carbocycles. The standard InChI is InChI=1S/C14H14N4/c1-3-11-5-4-6-12(8-11)17-14-16-10(2)7-13(9-15)18-14/h4-8H,3H2,1-2H3,(H,16,17,18). The van der Waals surface area contributed by atoms with Crippen LogP contribution in [0.2, 0.25) is 0 Å². The Morgan fingerprint density at radius 2 is 2.11 bits per heavy atom. The van der Waals surface area contributed by atoms with E-state index in [9.17, 15) is 0 Å². The van der Waals surface area contributed by atoms with Gasteiger partial charge in [-0.3, -0.25) is 0 Å². The van der Waals surface area contributed by atoms with Crippen molar-refractivity contribution in [2.24, 2.45) is 0 Å². The third-order valence-electron chi connectivity index (χ3n) is 2.56. The van der Waals surface area contributed by atoms with Crippen LogP contribution in [0, 0.1) is 18.3 Å². The molecule has 0 aliphatic rings. The van der Waals surface area contributed by atoms with Crippen LogP contribution in [0.25, 0.3) is 0 Å². The zero-order chi connectivity index (χ0) is 13.0. The maximum atomic E-state index is 8.87. The van der Waals surface area contributed by atoms with E-state index in [-0.39, 0.29) is 0 Å². The van der Waals surface area contributed by atoms with Gasteiger partial charge in [0.1, 0.15) is 11.8 Å². The summed E-state index contributed by atoms with van der Waals surface area (Å²) in [6.07, 6.45) is 0.980. The van der Waals surface area contributed by atoms with Gasteiger partial charge in [-0.1, -0.05) is 19.1 Å². The van der Waals surface area contributed by atoms with Crippen molar-refractivity contribution in [1.82, 2.24) is 9.97 Å². The zero-order valence-corrected chi connectivity index (χ0v) is 10.4. The molecule has 0 unspecified atom stereocenters. The number of nitrogens with one attached hydrogen (secondary N) is 1. The Morgan fingerprint density at radius 3 is 2.83 bits per heavy atom. The lowest BCUT2D eigenvalue weighted by Gasteiger charge is -2.07. The SMILES string of the molecule is CCc1cccc(Nc2nc(C)cc(C#N)n2)c1. The number of nitriles is 1. The number of hydrogen-bond donors (Lipinski definition) is 1. The summed E-state index contributed by atoms with van der Waals surface area (Å²) in [5.41, 5.74) is 3.32. The van der Waals surface area contributed by atoms with Gasteiger partial charge in [-0.25, -0.2) is 9.97 Å². The number of anilines is 2. The second-order valence-corrected chi connectivity index (χ2v) is 4.01. The number of rotatable bonds is 3. The highest BCUT2D eigenvalue weighted by Gasteiger charge is 2.02. The van der Waals surface area contributed by atoms with Gasteiger partial charge in [0.15, 0.2) is 0 Å². The molecule has 18 heavy (non-hydrogen) atoms. The van der Waals surface area contributed by atoms with Crippen molar-refractivity contribution in [1.29, 1.82) is 5.26 Å². The molecule has 0 radical (unpaired) electrons. The van der Waals surface area contributed by atoms with E-state index in [2.05, 4.69) is 34.3 Å². The second kappa shape index (κ2) is 5.28. The fourth-order valence-corrected chi connectivity index (χ4v) is 1.68. The van der Waals surface area contributed by atoms with Crippen molar-refractivity contribution < 1.29 is 0 Å². The fourth-order valence-electron chi connectivity index (χ4n) is 1.68. The Hall–Kier alpha value is -2.41. The predicted octanol–water partition coefficient (Wildman–Crippen LogP) is 2.96. The fraction of sp³-hybridized carbons (Fsp3) is 0.214. The first kappa shape index (κ1) is 12.1. The second-order valence-electron chi connectivity index (χ2n) is 4.01. The van der Waals surface area contributed by atoms with Crippen LogP contribution in [0.5, 0.6) is 0 Å². The molecule has 1 aromatic carbocycles. The van der Waals surface area contributed by atoms with Crippen LogP contribution in [0.15, 0.2) is 30.3 Å². The van der Waals surface area contributed by atoms with Crippen molar-refractivity contribution in [3.8, 4) is 6.07 Å². The van der Waals surface area contributed by atoms with Crippen LogP contribution in [0.4, 0.5) is 11.6 Å². The van der Waals surface area contributed by atoms with Gasteiger partial charge in [0.25, 0.3) is 0 Å². The van der Waals surface area contributed by atoms with Crippen LogP contribution in [-0.2, 0) is 6.42 Å². The van der Waals surface area contributed by atoms with Gasteiger partial charge in [-0.15, -0.1) is 0 Å². The highest BCUT2D eigenvalue weighted by atomic mass is 15.1. The van der Waals surface area contributed by atoms with Crippen LogP contribution in [0.3, 0.4) is 0 Å². The van der Waals surface area contributed by atoms with E-state index in [0.717, 1.165) is 17.8 Å². The number of aryl methyl sites for hydroxylation is 2. The van der Waals surface area contributed by atoms with Crippen molar-refractivity contribution in [3.63, 3.8) is 0 Å². The Labute approximate surface area is 106 Å². The van der Waals surface area contributed by atoms with Gasteiger partial charge in [0.2, 0.25) is 5.95 Å². The van der Waals surface area contributed by atoms with E-state index in [1.54, 1.807) is 6.07 Å². The number of benzene rings is 1. The predicted molar refractivity (Wildman–Crippen MR) is 70.6 cm³/mol. The molecule has 0 saturated carbocycles. The van der Waals surface area contributed by atoms with E-state index < -0.39 is 0 Å². The molecule has 0 atom stereocenters. The molecule has 1 N–H and O–H groups in total. The van der Waals surface area contributed by atoms with Gasteiger partial charge >= 0.3 is 0 Å². The van der Waals surface area contributed by atoms with Crippen LogP contribution in [0.1, 0.15) is 23.9 Å². The first-order chi connectivity index (χ1) is 8.71. The molecule has 0 amide bonds. The van der Waals surface area contributed by atoms with Gasteiger partial charge < -0.3 is 5.32 Å². The zero-order valence-electron chi connectivity index (χ0n) is 10.4. The van der Waals surface area contributed by atoms with Gasteiger partial charge in [-0.05, 0) is 37.1 Å². The highest BCUT2D eigenvalue weighted by molar-refractivity contribution is 5.55. The molecule has 4 nitrogen and oxygen atoms in total. The van der Waals surface area contributed by atoms with E-state index in [1.165, 1.54) is 5.56 Å². The average Bonchev–Trinajstić information content (AvgIpc) is 2.38. The molecule has 1 aromatic heterocycles. The summed E-state index contributed by atoms with van der Waals surface area (Å²) < 4.78 is 0. The van der Waals surface area contributed by atoms with Crippen LogP contribution >= 0.6 is 0 Å². The lowest BCUT2D eigenvalue weighted by atomic mass is 10.1. The average molecular weight is 238 g/mol. The molecule has 0 aliphatic heterocycles. The molecule has 0 bridgehead atoms. The van der Waals surface area contributed by atoms with Crippen LogP contribution in [-0.4, -0.2) is 9.97 Å². The molecule has 2 rings (SSSR count). The maximum absolute atomic E-state index is 8.87. The minimum atomic E-state index is 0.372. The quantitative estimate of drug-likeness (QED) is 0.893. The topological polar surface area (TPSA) is 61.6 Å². The van der Waals surface area contributed by atoms with Crippen molar-refractivity contribution in [2.45, 2.75) is 20.3 Å². The van der Waals surface area contributed by atoms with Crippen molar-refractivity contribution in [3.05, 3.63) is 47.3 Å². The molecule has 90 valence electrons. The largest absolute Gasteiger partial charge is 0.324 e. The smallest absolute Gasteiger partial charge is 0.228 e. The maximum Gasteiger partial charge on any atom is 0.228 e. The molecule has 0 fully saturated rings. The first-order valence-corrected chi connectivity index (χ1v) is 5.83. The molecular formula is C14H14N4. The van der Waals surface area contributed by atoms with Crippen molar-refractivity contribution >= 4 is 11.6 Å². The third kappa shape index (κ3) is 2.83. The molecule has 4 heteroatoms. The van der Waals surface area contributed by atoms with E-state index >= 15 is 0 Å². The summed E-state index contributed by atoms with van der Waals surface area (Å²) in [5.74, 6) is 0.458. The summed E-state index contributed by atoms with van der Waals surface area (Å²) in [7, 11) is 0. The molecule has 1 heterocycles. The summed E-state index contributed by atoms with van der Waals surface area (Å²) in [4.78, 5) is 8.38. The normalized spacial score (nSPS) is 9.83. The number of aromatic nitrogens is 2. The summed E-state index contributed by atoms with van der Waals surface area (Å²) in [5, 5.41) is 12.0. The lowest BCUT2D eigenvalue weighted by molar-refractivity contribution is 1.08. The van der Waals surface area contributed by atoms with Crippen LogP contribution < -0.4 is 5.32 Å². The third-order valence-corrected chi connectivity index (χ3v) is 2.56. The Balaban J connectivity index is 2.28. The Bertz CT molecular complexity index is 599. The molecular weight excluding hydrogens is 224 g/mol. The van der Waals surface area contributed by atoms with E-state index in [1.807, 2.05) is 25.1 Å². The van der Waals surface area contributed by atoms with Gasteiger partial charge in [0, 0.05) is 11.4 Å². The minimum Gasteiger partial charge on any atom is -0.324 e. The lowest BCUT2D eigenvalue weighted by Crippen LogP contribution is -2.00. The molecule has 0 spiro atoms. The van der Waals surface area contributed by atoms with Crippen molar-refractivity contribution in [2.75, 3.05) is 5.32 Å². The first-order valence-electron chi connectivity index (χ1n) is 5.83. The Kier molecular flexibility index (Phi) is 3.54. The molecule has 0 saturated heterocycles. The number of hydrogen-bond acceptors (Lipinski definition) is 4. The highest BCUT2D eigenvalue weighted by Crippen LogP contribution is 2.15. The summed E-state index contributed by atoms with van der Waals surface area (Å²) in [6, 6.07) is 11.8. The van der Waals surface area contributed by atoms with E-state index in [4.69, 9.17) is 5.26 Å². The monoisotopic (exact) mass is 238 g/mol. The number of nitrogens with zero attached hydrogens (tertiary/aromatic N) is 3. The summed E-state index contributed by atoms with van der Waals surface area (Å²) >= 11 is 0. The molecule has 2 aromatic rings.